The third-order valence-electron chi connectivity index (χ3n) is 5.02. The van der Waals surface area contributed by atoms with Crippen molar-refractivity contribution in [2.75, 3.05) is 4.72 Å². The van der Waals surface area contributed by atoms with Crippen molar-refractivity contribution in [2.24, 2.45) is 0 Å². The Morgan fingerprint density at radius 3 is 2.17 bits per heavy atom. The van der Waals surface area contributed by atoms with Crippen molar-refractivity contribution in [3.8, 4) is 17.6 Å². The lowest BCUT2D eigenvalue weighted by Gasteiger charge is -2.31. The Morgan fingerprint density at radius 2 is 1.66 bits per heavy atom. The number of carboxylic acids is 1. The fourth-order valence-electron chi connectivity index (χ4n) is 3.13. The highest BCUT2D eigenvalue weighted by Gasteiger charge is 2.36. The molecule has 0 fully saturated rings. The van der Waals surface area contributed by atoms with Crippen LogP contribution in [0.3, 0.4) is 0 Å². The van der Waals surface area contributed by atoms with Crippen molar-refractivity contribution in [1.29, 1.82) is 5.26 Å². The highest BCUT2D eigenvalue weighted by atomic mass is 127. The number of phenolic OH excluding ortho intramolecular Hbond substituents is 1. The number of carbonyl (C=O) groups excluding carboxylic acids is 1. The summed E-state index contributed by atoms with van der Waals surface area (Å²) in [6.07, 6.45) is -0.936. The molecule has 15 heteroatoms. The summed E-state index contributed by atoms with van der Waals surface area (Å²) in [5.74, 6) is -0.962. The molecule has 0 radical (unpaired) electrons. The van der Waals surface area contributed by atoms with Crippen LogP contribution in [-0.4, -0.2) is 47.0 Å². The van der Waals surface area contributed by atoms with E-state index in [1.807, 2.05) is 51.3 Å². The number of benzene rings is 3. The second-order valence-corrected chi connectivity index (χ2v) is 13.1. The molecule has 10 nitrogen and oxygen atoms in total. The van der Waals surface area contributed by atoms with Gasteiger partial charge < -0.3 is 14.9 Å². The van der Waals surface area contributed by atoms with Crippen LogP contribution in [-0.2, 0) is 15.0 Å². The Bertz CT molecular complexity index is 1580. The quantitative estimate of drug-likeness (QED) is 0.251. The number of para-hydroxylation sites is 1. The number of amides is 1. The van der Waals surface area contributed by atoms with Gasteiger partial charge in [-0.15, -0.1) is 0 Å². The first-order valence-electron chi connectivity index (χ1n) is 11.5. The fraction of sp³-hybridized carbons (Fsp3) is 0.192. The molecule has 1 unspecified atom stereocenters. The van der Waals surface area contributed by atoms with E-state index >= 15 is 0 Å². The molecular weight excluding hydrogens is 823 g/mol. The number of anilines is 1. The molecule has 1 aliphatic heterocycles. The van der Waals surface area contributed by atoms with E-state index in [1.54, 1.807) is 56.3 Å². The van der Waals surface area contributed by atoms with Gasteiger partial charge in [-0.25, -0.2) is 9.10 Å². The maximum atomic E-state index is 12.0. The van der Waals surface area contributed by atoms with Crippen molar-refractivity contribution in [3.05, 3.63) is 82.9 Å². The van der Waals surface area contributed by atoms with Gasteiger partial charge in [0.2, 0.25) is 0 Å². The Kier molecular flexibility index (Phi) is 12.8. The number of fused-ring (bicyclic) bond motifs is 1. The van der Waals surface area contributed by atoms with Gasteiger partial charge in [0.1, 0.15) is 11.5 Å². The molecule has 1 amide bonds. The van der Waals surface area contributed by atoms with Gasteiger partial charge in [0, 0.05) is 11.1 Å². The molecule has 41 heavy (non-hydrogen) atoms. The molecule has 1 heterocycles. The molecule has 1 aliphatic rings. The summed E-state index contributed by atoms with van der Waals surface area (Å²) in [6, 6.07) is 16.1. The summed E-state index contributed by atoms with van der Waals surface area (Å²) < 4.78 is 33.3. The molecule has 3 aromatic carbocycles. The molecular formula is C26H23Cl2I2N3O7S. The lowest BCUT2D eigenvalue weighted by atomic mass is 10.1. The Labute approximate surface area is 274 Å². The molecule has 4 rings (SSSR count). The average Bonchev–Trinajstić information content (AvgIpc) is 2.88. The topological polar surface area (TPSA) is 157 Å². The molecule has 218 valence electrons. The van der Waals surface area contributed by atoms with E-state index in [0.29, 0.717) is 39.7 Å². The summed E-state index contributed by atoms with van der Waals surface area (Å²) in [6.45, 7) is 4.74. The van der Waals surface area contributed by atoms with Crippen LogP contribution in [0.1, 0.15) is 36.7 Å². The largest absolute Gasteiger partial charge is 0.506 e. The van der Waals surface area contributed by atoms with Gasteiger partial charge in [0.05, 0.1) is 35.0 Å². The summed E-state index contributed by atoms with van der Waals surface area (Å²) in [5, 5.41) is 27.2. The van der Waals surface area contributed by atoms with Crippen LogP contribution >= 0.6 is 68.4 Å². The number of nitriles is 1. The van der Waals surface area contributed by atoms with E-state index < -0.39 is 34.2 Å². The highest BCUT2D eigenvalue weighted by Crippen LogP contribution is 2.29. The fourth-order valence-corrected chi connectivity index (χ4v) is 6.78. The number of nitrogens with one attached hydrogen (secondary N) is 1. The Morgan fingerprint density at radius 1 is 1.07 bits per heavy atom. The minimum Gasteiger partial charge on any atom is -0.506 e. The molecule has 0 saturated heterocycles. The van der Waals surface area contributed by atoms with Crippen LogP contribution < -0.4 is 9.46 Å². The zero-order chi connectivity index (χ0) is 31.1. The average molecular weight is 846 g/mol. The highest BCUT2D eigenvalue weighted by molar-refractivity contribution is 14.1. The van der Waals surface area contributed by atoms with Gasteiger partial charge in [-0.2, -0.15) is 13.7 Å². The lowest BCUT2D eigenvalue weighted by molar-refractivity contribution is -0.144. The van der Waals surface area contributed by atoms with Crippen molar-refractivity contribution in [3.63, 3.8) is 0 Å². The number of aromatic hydroxyl groups is 1. The lowest BCUT2D eigenvalue weighted by Crippen LogP contribution is -2.48. The van der Waals surface area contributed by atoms with E-state index in [-0.39, 0.29) is 5.75 Å². The van der Waals surface area contributed by atoms with Crippen LogP contribution in [0.4, 0.5) is 5.69 Å². The standard InChI is InChI=1S/C10H12N2O3S.C9H8Cl2O3.C7H3I2NO/c1-7(2)12-10(13)8-5-3-4-6-9(8)11-16(12,14)15;1-5(9(12)13)14-8-3-2-6(10)4-7(8)11;8-5-1-4(3-10)2-6(9)7(5)11/h3-7,11H,1-2H3;2-5H,1H3,(H,12,13);1-2,11H. The molecule has 0 aliphatic carbocycles. The number of hydrogen-bond acceptors (Lipinski definition) is 7. The summed E-state index contributed by atoms with van der Waals surface area (Å²) in [4.78, 5) is 22.5. The van der Waals surface area contributed by atoms with Crippen LogP contribution in [0.2, 0.25) is 10.0 Å². The zero-order valence-electron chi connectivity index (χ0n) is 21.6. The molecule has 3 N–H and O–H groups in total. The van der Waals surface area contributed by atoms with E-state index in [9.17, 15) is 23.1 Å². The van der Waals surface area contributed by atoms with E-state index in [1.165, 1.54) is 19.1 Å². The van der Waals surface area contributed by atoms with Gasteiger partial charge >= 0.3 is 16.2 Å². The predicted molar refractivity (Wildman–Crippen MR) is 173 cm³/mol. The molecule has 0 spiro atoms. The first kappa shape index (κ1) is 34.7. The van der Waals surface area contributed by atoms with Crippen molar-refractivity contribution in [2.45, 2.75) is 32.9 Å². The summed E-state index contributed by atoms with van der Waals surface area (Å²) in [7, 11) is -3.75. The van der Waals surface area contributed by atoms with Crippen LogP contribution in [0.15, 0.2) is 54.6 Å². The van der Waals surface area contributed by atoms with Crippen LogP contribution in [0.5, 0.6) is 11.5 Å². The number of ether oxygens (including phenoxy) is 1. The summed E-state index contributed by atoms with van der Waals surface area (Å²) in [5.41, 5.74) is 1.30. The second-order valence-electron chi connectivity index (χ2n) is 8.42. The Hall–Kier alpha value is -2.52. The molecule has 3 aromatic rings. The maximum Gasteiger partial charge on any atom is 0.344 e. The number of rotatable bonds is 4. The number of aliphatic carboxylic acids is 1. The smallest absolute Gasteiger partial charge is 0.344 e. The minimum atomic E-state index is -3.75. The number of hydrogen-bond donors (Lipinski definition) is 3. The van der Waals surface area contributed by atoms with Gasteiger partial charge in [0.25, 0.3) is 5.91 Å². The van der Waals surface area contributed by atoms with Gasteiger partial charge in [-0.3, -0.25) is 9.52 Å². The molecule has 1 atom stereocenters. The van der Waals surface area contributed by atoms with Gasteiger partial charge in [0.15, 0.2) is 6.10 Å². The molecule has 0 bridgehead atoms. The third kappa shape index (κ3) is 9.50. The normalized spacial score (nSPS) is 13.7. The first-order chi connectivity index (χ1) is 19.1. The predicted octanol–water partition coefficient (Wildman–Crippen LogP) is 6.53. The Balaban J connectivity index is 0.000000219. The van der Waals surface area contributed by atoms with Crippen molar-refractivity contribution < 1.29 is 33.0 Å². The van der Waals surface area contributed by atoms with E-state index in [0.717, 1.165) is 4.31 Å². The number of carbonyl (C=O) groups is 2. The van der Waals surface area contributed by atoms with Crippen molar-refractivity contribution in [1.82, 2.24) is 4.31 Å². The van der Waals surface area contributed by atoms with Crippen LogP contribution in [0.25, 0.3) is 0 Å². The van der Waals surface area contributed by atoms with Gasteiger partial charge in [-0.05, 0) is 108 Å². The number of carboxylic acid groups (broad SMARTS) is 1. The minimum absolute atomic E-state index is 0.255. The molecule has 0 aromatic heterocycles. The van der Waals surface area contributed by atoms with Crippen LogP contribution in [0, 0.1) is 18.5 Å². The van der Waals surface area contributed by atoms with Gasteiger partial charge in [-0.1, -0.05) is 35.3 Å². The monoisotopic (exact) mass is 845 g/mol. The second kappa shape index (κ2) is 15.1. The number of halogens is 4. The van der Waals surface area contributed by atoms with Crippen molar-refractivity contribution >= 4 is 96.2 Å². The number of phenols is 1. The third-order valence-corrected chi connectivity index (χ3v) is 8.77. The summed E-state index contributed by atoms with van der Waals surface area (Å²) >= 11 is 15.4. The molecule has 0 saturated carbocycles. The van der Waals surface area contributed by atoms with E-state index in [4.69, 9.17) is 38.3 Å². The van der Waals surface area contributed by atoms with E-state index in [2.05, 4.69) is 4.72 Å². The SMILES string of the molecule is CC(C)N1C(=O)c2ccccc2NS1(=O)=O.CC(Oc1ccc(Cl)cc1Cl)C(=O)O.N#Cc1cc(I)c(O)c(I)c1. The number of nitrogens with zero attached hydrogens (tertiary/aromatic N) is 2. The maximum absolute atomic E-state index is 12.0. The zero-order valence-corrected chi connectivity index (χ0v) is 28.2. The first-order valence-corrected chi connectivity index (χ1v) is 15.8.